The summed E-state index contributed by atoms with van der Waals surface area (Å²) in [5.74, 6) is 1.39. The van der Waals surface area contributed by atoms with E-state index in [0.717, 1.165) is 16.1 Å². The zero-order chi connectivity index (χ0) is 14.9. The van der Waals surface area contributed by atoms with Crippen LogP contribution < -0.4 is 0 Å². The average molecular weight is 337 g/mol. The van der Waals surface area contributed by atoms with Gasteiger partial charge in [0.25, 0.3) is 0 Å². The summed E-state index contributed by atoms with van der Waals surface area (Å²) in [5, 5.41) is 9.12. The molecule has 0 unspecified atom stereocenters. The summed E-state index contributed by atoms with van der Waals surface area (Å²) in [6, 6.07) is 6.59. The Hall–Kier alpha value is -1.13. The molecule has 0 amide bonds. The number of benzene rings is 1. The predicted molar refractivity (Wildman–Crippen MR) is 86.0 cm³/mol. The zero-order valence-corrected chi connectivity index (χ0v) is 14.0. The minimum Gasteiger partial charge on any atom is -0.396 e. The van der Waals surface area contributed by atoms with Crippen molar-refractivity contribution in [3.05, 3.63) is 39.8 Å². The fourth-order valence-electron chi connectivity index (χ4n) is 2.38. The fourth-order valence-corrected chi connectivity index (χ4v) is 3.06. The van der Waals surface area contributed by atoms with Gasteiger partial charge in [-0.3, -0.25) is 0 Å². The first kappa shape index (κ1) is 15.3. The van der Waals surface area contributed by atoms with Crippen LogP contribution in [0.2, 0.25) is 0 Å². The molecule has 108 valence electrons. The van der Waals surface area contributed by atoms with Crippen LogP contribution in [0.25, 0.3) is 11.3 Å². The fraction of sp³-hybridized carbons (Fsp3) is 0.438. The summed E-state index contributed by atoms with van der Waals surface area (Å²) in [7, 11) is 2.00. The van der Waals surface area contributed by atoms with Crippen molar-refractivity contribution < 1.29 is 5.11 Å². The van der Waals surface area contributed by atoms with Crippen molar-refractivity contribution in [3.63, 3.8) is 0 Å². The number of hydrogen-bond donors (Lipinski definition) is 1. The lowest BCUT2D eigenvalue weighted by atomic mass is 9.96. The number of aromatic nitrogens is 2. The molecule has 0 bridgehead atoms. The molecule has 0 radical (unpaired) electrons. The number of nitrogens with zero attached hydrogens (tertiary/aromatic N) is 2. The molecule has 2 aromatic rings. The third-order valence-corrected chi connectivity index (χ3v) is 4.22. The summed E-state index contributed by atoms with van der Waals surface area (Å²) in [4.78, 5) is 4.51. The number of aliphatic hydroxyl groups is 1. The molecule has 1 heterocycles. The maximum atomic E-state index is 9.12. The van der Waals surface area contributed by atoms with Crippen molar-refractivity contribution in [3.8, 4) is 11.3 Å². The topological polar surface area (TPSA) is 38.1 Å². The Morgan fingerprint density at radius 2 is 2.05 bits per heavy atom. The Morgan fingerprint density at radius 3 is 2.65 bits per heavy atom. The number of aryl methyl sites for hydroxylation is 1. The molecule has 0 aliphatic carbocycles. The Bertz CT molecular complexity index is 617. The Labute approximate surface area is 128 Å². The highest BCUT2D eigenvalue weighted by molar-refractivity contribution is 9.10. The summed E-state index contributed by atoms with van der Waals surface area (Å²) >= 11 is 3.56. The minimum absolute atomic E-state index is 0.113. The second-order valence-corrected chi connectivity index (χ2v) is 6.18. The van der Waals surface area contributed by atoms with Gasteiger partial charge in [0, 0.05) is 19.0 Å². The van der Waals surface area contributed by atoms with E-state index in [1.807, 2.05) is 7.05 Å². The first-order valence-electron chi connectivity index (χ1n) is 6.88. The number of halogens is 1. The lowest BCUT2D eigenvalue weighted by molar-refractivity contribution is 0.295. The van der Waals surface area contributed by atoms with Crippen molar-refractivity contribution in [1.29, 1.82) is 0 Å². The van der Waals surface area contributed by atoms with Gasteiger partial charge in [0.05, 0.1) is 12.3 Å². The van der Waals surface area contributed by atoms with E-state index in [9.17, 15) is 0 Å². The van der Waals surface area contributed by atoms with Crippen LogP contribution in [0.15, 0.2) is 22.8 Å². The number of imidazole rings is 1. The van der Waals surface area contributed by atoms with Gasteiger partial charge in [0.2, 0.25) is 0 Å². The van der Waals surface area contributed by atoms with E-state index in [-0.39, 0.29) is 6.61 Å². The van der Waals surface area contributed by atoms with Crippen molar-refractivity contribution in [2.75, 3.05) is 6.61 Å². The molecular formula is C16H21BrN2O. The Kier molecular flexibility index (Phi) is 4.66. The van der Waals surface area contributed by atoms with Gasteiger partial charge in [0.1, 0.15) is 10.4 Å². The molecule has 0 fully saturated rings. The van der Waals surface area contributed by atoms with Crippen LogP contribution >= 0.6 is 15.9 Å². The summed E-state index contributed by atoms with van der Waals surface area (Å²) < 4.78 is 2.90. The summed E-state index contributed by atoms with van der Waals surface area (Å²) in [6.07, 6.45) is 0.567. The lowest BCUT2D eigenvalue weighted by Gasteiger charge is -2.13. The van der Waals surface area contributed by atoms with Gasteiger partial charge in [0.15, 0.2) is 0 Å². The van der Waals surface area contributed by atoms with E-state index in [2.05, 4.69) is 64.5 Å². The molecule has 20 heavy (non-hydrogen) atoms. The van der Waals surface area contributed by atoms with E-state index >= 15 is 0 Å². The van der Waals surface area contributed by atoms with E-state index in [1.165, 1.54) is 16.7 Å². The van der Waals surface area contributed by atoms with Crippen LogP contribution in [-0.2, 0) is 13.5 Å². The predicted octanol–water partition coefficient (Wildman–Crippen LogP) is 3.82. The number of aliphatic hydroxyl groups excluding tert-OH is 1. The van der Waals surface area contributed by atoms with Crippen molar-refractivity contribution >= 4 is 15.9 Å². The van der Waals surface area contributed by atoms with Crippen molar-refractivity contribution in [2.24, 2.45) is 7.05 Å². The maximum Gasteiger partial charge on any atom is 0.132 e. The van der Waals surface area contributed by atoms with Crippen LogP contribution in [0.4, 0.5) is 0 Å². The largest absolute Gasteiger partial charge is 0.396 e. The molecule has 0 saturated heterocycles. The van der Waals surface area contributed by atoms with E-state index in [0.29, 0.717) is 12.3 Å². The monoisotopic (exact) mass is 336 g/mol. The molecule has 0 atom stereocenters. The van der Waals surface area contributed by atoms with Gasteiger partial charge in [-0.25, -0.2) is 4.98 Å². The van der Waals surface area contributed by atoms with Gasteiger partial charge < -0.3 is 9.67 Å². The summed E-state index contributed by atoms with van der Waals surface area (Å²) in [5.41, 5.74) is 4.83. The van der Waals surface area contributed by atoms with Gasteiger partial charge in [-0.2, -0.15) is 0 Å². The van der Waals surface area contributed by atoms with Crippen LogP contribution in [0.3, 0.4) is 0 Å². The molecule has 4 heteroatoms. The SMILES string of the molecule is Cc1ccc(C(C)C)cc1-c1c(Br)nc(CCO)n1C. The quantitative estimate of drug-likeness (QED) is 0.921. The number of hydrogen-bond acceptors (Lipinski definition) is 2. The van der Waals surface area contributed by atoms with Gasteiger partial charge >= 0.3 is 0 Å². The molecule has 0 aliphatic rings. The third-order valence-electron chi connectivity index (χ3n) is 3.66. The molecule has 0 saturated carbocycles. The minimum atomic E-state index is 0.113. The molecule has 3 nitrogen and oxygen atoms in total. The van der Waals surface area contributed by atoms with E-state index in [1.54, 1.807) is 0 Å². The highest BCUT2D eigenvalue weighted by Crippen LogP contribution is 2.33. The second-order valence-electron chi connectivity index (χ2n) is 5.43. The Morgan fingerprint density at radius 1 is 1.35 bits per heavy atom. The average Bonchev–Trinajstić information content (AvgIpc) is 2.66. The highest BCUT2D eigenvalue weighted by atomic mass is 79.9. The smallest absolute Gasteiger partial charge is 0.132 e. The molecule has 1 aromatic carbocycles. The molecule has 2 rings (SSSR count). The van der Waals surface area contributed by atoms with Crippen LogP contribution in [-0.4, -0.2) is 21.3 Å². The van der Waals surface area contributed by atoms with Crippen LogP contribution in [0.5, 0.6) is 0 Å². The Balaban J connectivity index is 2.59. The number of rotatable bonds is 4. The van der Waals surface area contributed by atoms with E-state index in [4.69, 9.17) is 5.11 Å². The van der Waals surface area contributed by atoms with E-state index < -0.39 is 0 Å². The molecule has 1 aromatic heterocycles. The van der Waals surface area contributed by atoms with Crippen LogP contribution in [0.1, 0.15) is 36.7 Å². The lowest BCUT2D eigenvalue weighted by Crippen LogP contribution is -2.03. The van der Waals surface area contributed by atoms with Crippen molar-refractivity contribution in [2.45, 2.75) is 33.1 Å². The maximum absolute atomic E-state index is 9.12. The molecule has 1 N–H and O–H groups in total. The van der Waals surface area contributed by atoms with Gasteiger partial charge in [-0.15, -0.1) is 0 Å². The summed E-state index contributed by atoms with van der Waals surface area (Å²) in [6.45, 7) is 6.63. The first-order chi connectivity index (χ1) is 9.45. The second kappa shape index (κ2) is 6.10. The normalized spacial score (nSPS) is 11.3. The molecular weight excluding hydrogens is 316 g/mol. The van der Waals surface area contributed by atoms with Gasteiger partial charge in [-0.1, -0.05) is 26.0 Å². The van der Waals surface area contributed by atoms with Crippen LogP contribution in [0, 0.1) is 6.92 Å². The van der Waals surface area contributed by atoms with Gasteiger partial charge in [-0.05, 0) is 46.0 Å². The zero-order valence-electron chi connectivity index (χ0n) is 12.4. The molecule has 0 aliphatic heterocycles. The third kappa shape index (κ3) is 2.81. The molecule has 0 spiro atoms. The highest BCUT2D eigenvalue weighted by Gasteiger charge is 2.16. The first-order valence-corrected chi connectivity index (χ1v) is 7.67. The standard InChI is InChI=1S/C16H21BrN2O/c1-10(2)12-6-5-11(3)13(9-12)15-16(17)18-14(7-8-20)19(15)4/h5-6,9-10,20H,7-8H2,1-4H3. The van der Waals surface area contributed by atoms with Crippen molar-refractivity contribution in [1.82, 2.24) is 9.55 Å².